The fraction of sp³-hybridized carbons (Fsp3) is 0.154. The van der Waals surface area contributed by atoms with Gasteiger partial charge in [-0.15, -0.1) is 11.3 Å². The molecule has 0 bridgehead atoms. The molecular formula is C13H13N3O3S2. The number of aryl methyl sites for hydroxylation is 1. The Kier molecular flexibility index (Phi) is 3.14. The van der Waals surface area contributed by atoms with Crippen molar-refractivity contribution in [1.82, 2.24) is 8.96 Å². The monoisotopic (exact) mass is 323 g/mol. The van der Waals surface area contributed by atoms with E-state index in [1.807, 2.05) is 6.92 Å². The Morgan fingerprint density at radius 3 is 2.71 bits per heavy atom. The van der Waals surface area contributed by atoms with E-state index >= 15 is 0 Å². The lowest BCUT2D eigenvalue weighted by molar-refractivity contribution is 0.589. The zero-order valence-corrected chi connectivity index (χ0v) is 12.8. The van der Waals surface area contributed by atoms with Crippen LogP contribution in [0.4, 0.5) is 5.69 Å². The summed E-state index contributed by atoms with van der Waals surface area (Å²) in [4.78, 5) is 15.5. The van der Waals surface area contributed by atoms with Gasteiger partial charge in [-0.1, -0.05) is 6.92 Å². The van der Waals surface area contributed by atoms with E-state index in [1.54, 1.807) is 18.2 Å². The molecule has 0 saturated carbocycles. The van der Waals surface area contributed by atoms with Crippen LogP contribution in [0.25, 0.3) is 11.0 Å². The lowest BCUT2D eigenvalue weighted by Gasteiger charge is -2.03. The van der Waals surface area contributed by atoms with E-state index in [2.05, 4.69) is 4.98 Å². The molecule has 3 N–H and O–H groups in total. The van der Waals surface area contributed by atoms with Crippen molar-refractivity contribution in [3.8, 4) is 0 Å². The van der Waals surface area contributed by atoms with Crippen molar-refractivity contribution < 1.29 is 8.42 Å². The van der Waals surface area contributed by atoms with Crippen molar-refractivity contribution >= 4 is 38.1 Å². The fourth-order valence-electron chi connectivity index (χ4n) is 2.11. The molecule has 2 aromatic heterocycles. The highest BCUT2D eigenvalue weighted by Gasteiger charge is 2.24. The third-order valence-corrected chi connectivity index (χ3v) is 6.54. The van der Waals surface area contributed by atoms with Gasteiger partial charge in [-0.05, 0) is 36.8 Å². The molecule has 110 valence electrons. The highest BCUT2D eigenvalue weighted by Crippen LogP contribution is 2.26. The van der Waals surface area contributed by atoms with Gasteiger partial charge >= 0.3 is 5.69 Å². The van der Waals surface area contributed by atoms with Crippen LogP contribution < -0.4 is 11.4 Å². The summed E-state index contributed by atoms with van der Waals surface area (Å²) >= 11 is 1.17. The first-order valence-electron chi connectivity index (χ1n) is 6.28. The SMILES string of the molecule is CCc1ccc(S(=O)(=O)n2c(=O)[nH]c3ccc(N)cc32)s1. The van der Waals surface area contributed by atoms with E-state index in [1.165, 1.54) is 23.5 Å². The van der Waals surface area contributed by atoms with Crippen LogP contribution in [0, 0.1) is 0 Å². The van der Waals surface area contributed by atoms with Crippen LogP contribution in [-0.4, -0.2) is 17.4 Å². The number of nitrogen functional groups attached to an aromatic ring is 1. The smallest absolute Gasteiger partial charge is 0.340 e. The van der Waals surface area contributed by atoms with Crippen molar-refractivity contribution in [3.63, 3.8) is 0 Å². The number of nitrogens with two attached hydrogens (primary N) is 1. The highest BCUT2D eigenvalue weighted by atomic mass is 32.2. The molecule has 0 spiro atoms. The third kappa shape index (κ3) is 2.16. The predicted octanol–water partition coefficient (Wildman–Crippen LogP) is 1.77. The molecule has 3 rings (SSSR count). The summed E-state index contributed by atoms with van der Waals surface area (Å²) in [6, 6.07) is 7.95. The Labute approximate surface area is 124 Å². The Morgan fingerprint density at radius 2 is 2.05 bits per heavy atom. The molecule has 0 aliphatic carbocycles. The zero-order chi connectivity index (χ0) is 15.2. The number of rotatable bonds is 3. The summed E-state index contributed by atoms with van der Waals surface area (Å²) in [5, 5.41) is 0. The summed E-state index contributed by atoms with van der Waals surface area (Å²) in [5.41, 5.74) is 6.08. The second-order valence-corrected chi connectivity index (χ2v) is 7.73. The summed E-state index contributed by atoms with van der Waals surface area (Å²) in [6.45, 7) is 1.95. The number of thiophene rings is 1. The van der Waals surface area contributed by atoms with E-state index < -0.39 is 15.7 Å². The van der Waals surface area contributed by atoms with Gasteiger partial charge in [0.05, 0.1) is 11.0 Å². The largest absolute Gasteiger partial charge is 0.399 e. The average Bonchev–Trinajstić information content (AvgIpc) is 3.02. The molecule has 1 aromatic carbocycles. The number of aromatic nitrogens is 2. The molecule has 0 aliphatic rings. The maximum Gasteiger partial charge on any atom is 0.340 e. The minimum Gasteiger partial charge on any atom is -0.399 e. The summed E-state index contributed by atoms with van der Waals surface area (Å²) < 4.78 is 26.3. The first-order valence-corrected chi connectivity index (χ1v) is 8.53. The number of anilines is 1. The van der Waals surface area contributed by atoms with Crippen LogP contribution in [0.2, 0.25) is 0 Å². The lowest BCUT2D eigenvalue weighted by Crippen LogP contribution is -2.24. The molecule has 0 saturated heterocycles. The van der Waals surface area contributed by atoms with Crippen molar-refractivity contribution in [3.05, 3.63) is 45.7 Å². The third-order valence-electron chi connectivity index (χ3n) is 3.15. The lowest BCUT2D eigenvalue weighted by atomic mass is 10.3. The summed E-state index contributed by atoms with van der Waals surface area (Å²) in [6.07, 6.45) is 0.746. The van der Waals surface area contributed by atoms with Gasteiger partial charge in [-0.2, -0.15) is 12.4 Å². The number of H-pyrrole nitrogens is 1. The van der Waals surface area contributed by atoms with Crippen LogP contribution >= 0.6 is 11.3 Å². The van der Waals surface area contributed by atoms with Gasteiger partial charge < -0.3 is 10.7 Å². The number of aromatic amines is 1. The first-order chi connectivity index (χ1) is 9.93. The molecule has 0 atom stereocenters. The molecule has 21 heavy (non-hydrogen) atoms. The number of imidazole rings is 1. The van der Waals surface area contributed by atoms with Gasteiger partial charge in [0, 0.05) is 10.6 Å². The minimum absolute atomic E-state index is 0.143. The molecule has 0 aliphatic heterocycles. The highest BCUT2D eigenvalue weighted by molar-refractivity contribution is 7.92. The molecule has 8 heteroatoms. The quantitative estimate of drug-likeness (QED) is 0.718. The zero-order valence-electron chi connectivity index (χ0n) is 11.2. The number of hydrogen-bond acceptors (Lipinski definition) is 5. The van der Waals surface area contributed by atoms with E-state index in [-0.39, 0.29) is 9.73 Å². The van der Waals surface area contributed by atoms with Crippen LogP contribution in [0.1, 0.15) is 11.8 Å². The summed E-state index contributed by atoms with van der Waals surface area (Å²) in [7, 11) is -3.92. The van der Waals surface area contributed by atoms with Crippen LogP contribution in [-0.2, 0) is 16.4 Å². The Morgan fingerprint density at radius 1 is 1.29 bits per heavy atom. The molecule has 6 nitrogen and oxygen atoms in total. The van der Waals surface area contributed by atoms with Crippen molar-refractivity contribution in [2.75, 3.05) is 5.73 Å². The van der Waals surface area contributed by atoms with Gasteiger partial charge in [-0.3, -0.25) is 0 Å². The van der Waals surface area contributed by atoms with E-state index in [9.17, 15) is 13.2 Å². The predicted molar refractivity (Wildman–Crippen MR) is 83.3 cm³/mol. The average molecular weight is 323 g/mol. The van der Waals surface area contributed by atoms with Crippen molar-refractivity contribution in [2.24, 2.45) is 0 Å². The molecule has 0 amide bonds. The van der Waals surface area contributed by atoms with Crippen LogP contribution in [0.3, 0.4) is 0 Å². The standard InChI is InChI=1S/C13H13N3O3S2/c1-2-9-4-6-12(20-9)21(18,19)16-11-7-8(14)3-5-10(11)15-13(16)17/h3-7H,2,14H2,1H3,(H,15,17). The fourth-order valence-corrected chi connectivity index (χ4v) is 4.85. The Balaban J connectivity index is 2.30. The molecule has 0 radical (unpaired) electrons. The Bertz CT molecular complexity index is 980. The number of nitrogens with zero attached hydrogens (tertiary/aromatic N) is 1. The first kappa shape index (κ1) is 13.9. The molecule has 0 fully saturated rings. The van der Waals surface area contributed by atoms with Gasteiger partial charge in [0.2, 0.25) is 0 Å². The van der Waals surface area contributed by atoms with Crippen LogP contribution in [0.5, 0.6) is 0 Å². The normalized spacial score (nSPS) is 12.0. The van der Waals surface area contributed by atoms with Crippen molar-refractivity contribution in [2.45, 2.75) is 17.6 Å². The van der Waals surface area contributed by atoms with Crippen molar-refractivity contribution in [1.29, 1.82) is 0 Å². The van der Waals surface area contributed by atoms with E-state index in [0.29, 0.717) is 11.2 Å². The number of hydrogen-bond donors (Lipinski definition) is 2. The maximum absolute atomic E-state index is 12.7. The molecule has 0 unspecified atom stereocenters. The molecule has 3 aromatic rings. The molecular weight excluding hydrogens is 310 g/mol. The second-order valence-electron chi connectivity index (χ2n) is 4.55. The van der Waals surface area contributed by atoms with Gasteiger partial charge in [0.1, 0.15) is 4.21 Å². The maximum atomic E-state index is 12.7. The summed E-state index contributed by atoms with van der Waals surface area (Å²) in [5.74, 6) is 0. The number of benzene rings is 1. The molecule has 2 heterocycles. The number of nitrogens with one attached hydrogen (secondary N) is 1. The minimum atomic E-state index is -3.92. The van der Waals surface area contributed by atoms with E-state index in [0.717, 1.165) is 15.3 Å². The second kappa shape index (κ2) is 4.74. The van der Waals surface area contributed by atoms with Crippen LogP contribution in [0.15, 0.2) is 39.3 Å². The van der Waals surface area contributed by atoms with Gasteiger partial charge in [0.25, 0.3) is 10.0 Å². The van der Waals surface area contributed by atoms with Gasteiger partial charge in [0.15, 0.2) is 0 Å². The van der Waals surface area contributed by atoms with E-state index in [4.69, 9.17) is 5.73 Å². The van der Waals surface area contributed by atoms with Gasteiger partial charge in [-0.25, -0.2) is 4.79 Å². The number of fused-ring (bicyclic) bond motifs is 1. The topological polar surface area (TPSA) is 98.0 Å². The Hall–Kier alpha value is -2.06.